The van der Waals surface area contributed by atoms with Crippen LogP contribution in [0.25, 0.3) is 21.7 Å². The molecule has 3 fully saturated rings. The lowest BCUT2D eigenvalue weighted by atomic mass is 10.1. The van der Waals surface area contributed by atoms with E-state index in [4.69, 9.17) is 14.1 Å². The van der Waals surface area contributed by atoms with Gasteiger partial charge in [-0.2, -0.15) is 4.98 Å². The number of rotatable bonds is 4. The molecule has 3 saturated heterocycles. The summed E-state index contributed by atoms with van der Waals surface area (Å²) in [5, 5.41) is 6.38. The largest absolute Gasteiger partial charge is 0.462 e. The van der Waals surface area contributed by atoms with Gasteiger partial charge in [0.05, 0.1) is 17.7 Å². The first kappa shape index (κ1) is 17.6. The number of nitrogens with one attached hydrogen (secondary N) is 1. The van der Waals surface area contributed by atoms with Gasteiger partial charge < -0.3 is 19.4 Å². The van der Waals surface area contributed by atoms with E-state index in [1.54, 1.807) is 19.2 Å². The quantitative estimate of drug-likeness (QED) is 0.674. The lowest BCUT2D eigenvalue weighted by molar-refractivity contribution is 0.0528. The first-order valence-corrected chi connectivity index (χ1v) is 10.6. The van der Waals surface area contributed by atoms with Crippen molar-refractivity contribution in [3.05, 3.63) is 29.3 Å². The molecule has 146 valence electrons. The number of esters is 1. The van der Waals surface area contributed by atoms with Crippen molar-refractivity contribution < 1.29 is 13.9 Å². The molecule has 2 atom stereocenters. The highest BCUT2D eigenvalue weighted by molar-refractivity contribution is 7.13. The number of fused-ring (bicyclic) bond motifs is 5. The fourth-order valence-corrected chi connectivity index (χ4v) is 4.83. The third-order valence-electron chi connectivity index (χ3n) is 5.53. The van der Waals surface area contributed by atoms with E-state index in [-0.39, 0.29) is 5.97 Å². The van der Waals surface area contributed by atoms with Gasteiger partial charge >= 0.3 is 5.97 Å². The number of benzene rings is 1. The van der Waals surface area contributed by atoms with Crippen LogP contribution in [0.1, 0.15) is 36.5 Å². The van der Waals surface area contributed by atoms with E-state index in [0.29, 0.717) is 41.4 Å². The number of hydrogen-bond donors (Lipinski definition) is 1. The Bertz CT molecular complexity index is 996. The minimum atomic E-state index is -0.378. The fourth-order valence-electron chi connectivity index (χ4n) is 4.17. The van der Waals surface area contributed by atoms with Gasteiger partial charge in [-0.25, -0.2) is 9.78 Å². The molecule has 0 aliphatic carbocycles. The summed E-state index contributed by atoms with van der Waals surface area (Å²) in [6, 6.07) is 5.04. The zero-order chi connectivity index (χ0) is 19.1. The Kier molecular flexibility index (Phi) is 4.52. The summed E-state index contributed by atoms with van der Waals surface area (Å²) in [6.45, 7) is 3.93. The number of carbonyl (C=O) groups is 1. The van der Waals surface area contributed by atoms with Crippen LogP contribution in [0.15, 0.2) is 28.1 Å². The standard InChI is InChI=1S/C20H22N4O3S/c1-2-26-19(25)14-6-7-15(18-21-8-9-28-18)17-16(14)23-20(27-17)24-11-12-4-3-5-13(24)10-22-12/h6-9,12-13,22H,2-5,10-11H2,1H3. The van der Waals surface area contributed by atoms with E-state index in [9.17, 15) is 4.79 Å². The second-order valence-electron chi connectivity index (χ2n) is 7.23. The minimum Gasteiger partial charge on any atom is -0.462 e. The van der Waals surface area contributed by atoms with Gasteiger partial charge in [0.2, 0.25) is 0 Å². The zero-order valence-electron chi connectivity index (χ0n) is 15.7. The maximum Gasteiger partial charge on any atom is 0.340 e. The van der Waals surface area contributed by atoms with Gasteiger partial charge in [0.25, 0.3) is 6.01 Å². The number of oxazole rings is 1. The van der Waals surface area contributed by atoms with Gasteiger partial charge in [-0.15, -0.1) is 11.3 Å². The molecule has 1 aromatic carbocycles. The molecule has 0 saturated carbocycles. The van der Waals surface area contributed by atoms with Crippen molar-refractivity contribution in [2.45, 2.75) is 38.3 Å². The van der Waals surface area contributed by atoms with Gasteiger partial charge in [-0.3, -0.25) is 0 Å². The van der Waals surface area contributed by atoms with Crippen molar-refractivity contribution in [1.29, 1.82) is 0 Å². The van der Waals surface area contributed by atoms with E-state index >= 15 is 0 Å². The Labute approximate surface area is 166 Å². The maximum atomic E-state index is 12.5. The van der Waals surface area contributed by atoms with E-state index in [2.05, 4.69) is 15.2 Å². The molecule has 2 bridgehead atoms. The summed E-state index contributed by atoms with van der Waals surface area (Å²) in [7, 11) is 0. The minimum absolute atomic E-state index is 0.320. The first-order valence-electron chi connectivity index (χ1n) is 9.75. The van der Waals surface area contributed by atoms with Crippen LogP contribution in [0, 0.1) is 0 Å². The zero-order valence-corrected chi connectivity index (χ0v) is 16.5. The van der Waals surface area contributed by atoms with E-state index in [1.807, 2.05) is 11.4 Å². The van der Waals surface area contributed by atoms with Gasteiger partial charge in [0.15, 0.2) is 5.58 Å². The van der Waals surface area contributed by atoms with Crippen LogP contribution in [0.5, 0.6) is 0 Å². The topological polar surface area (TPSA) is 80.5 Å². The molecule has 5 heterocycles. The lowest BCUT2D eigenvalue weighted by Gasteiger charge is -2.36. The van der Waals surface area contributed by atoms with Gasteiger partial charge in [0, 0.05) is 36.8 Å². The maximum absolute atomic E-state index is 12.5. The number of anilines is 1. The smallest absolute Gasteiger partial charge is 0.340 e. The van der Waals surface area contributed by atoms with Crippen LogP contribution in [-0.4, -0.2) is 47.7 Å². The van der Waals surface area contributed by atoms with Crippen LogP contribution < -0.4 is 10.2 Å². The van der Waals surface area contributed by atoms with Gasteiger partial charge in [-0.05, 0) is 38.3 Å². The molecule has 7 nitrogen and oxygen atoms in total. The normalized spacial score (nSPS) is 21.8. The molecule has 0 amide bonds. The third-order valence-corrected chi connectivity index (χ3v) is 6.33. The van der Waals surface area contributed by atoms with Crippen molar-refractivity contribution in [3.8, 4) is 10.6 Å². The fraction of sp³-hybridized carbons (Fsp3) is 0.450. The number of piperazine rings is 1. The number of ether oxygens (including phenoxy) is 1. The number of nitrogens with zero attached hydrogens (tertiary/aromatic N) is 3. The summed E-state index contributed by atoms with van der Waals surface area (Å²) in [6.07, 6.45) is 5.26. The Morgan fingerprint density at radius 2 is 2.36 bits per heavy atom. The summed E-state index contributed by atoms with van der Waals surface area (Å²) >= 11 is 1.54. The number of carbonyl (C=O) groups excluding carboxylic acids is 1. The molecule has 6 rings (SSSR count). The first-order chi connectivity index (χ1) is 13.7. The van der Waals surface area contributed by atoms with Crippen molar-refractivity contribution in [3.63, 3.8) is 0 Å². The van der Waals surface area contributed by atoms with Crippen LogP contribution >= 0.6 is 11.3 Å². The van der Waals surface area contributed by atoms with Crippen molar-refractivity contribution in [1.82, 2.24) is 15.3 Å². The second kappa shape index (κ2) is 7.18. The Morgan fingerprint density at radius 3 is 3.18 bits per heavy atom. The van der Waals surface area contributed by atoms with E-state index in [1.165, 1.54) is 24.2 Å². The van der Waals surface area contributed by atoms with Crippen LogP contribution in [-0.2, 0) is 4.74 Å². The average molecular weight is 398 g/mol. The Balaban J connectivity index is 1.64. The molecule has 8 heteroatoms. The van der Waals surface area contributed by atoms with Gasteiger partial charge in [-0.1, -0.05) is 0 Å². The molecule has 3 aliphatic heterocycles. The Morgan fingerprint density at radius 1 is 1.43 bits per heavy atom. The molecule has 3 aromatic rings. The summed E-state index contributed by atoms with van der Waals surface area (Å²) < 4.78 is 11.5. The van der Waals surface area contributed by atoms with E-state index in [0.717, 1.165) is 30.1 Å². The molecular formula is C20H22N4O3S. The van der Waals surface area contributed by atoms with Gasteiger partial charge in [0.1, 0.15) is 10.5 Å². The van der Waals surface area contributed by atoms with Crippen molar-refractivity contribution >= 4 is 34.4 Å². The molecule has 1 N–H and O–H groups in total. The highest BCUT2D eigenvalue weighted by atomic mass is 32.1. The predicted molar refractivity (Wildman–Crippen MR) is 108 cm³/mol. The predicted octanol–water partition coefficient (Wildman–Crippen LogP) is 3.46. The van der Waals surface area contributed by atoms with Crippen LogP contribution in [0.3, 0.4) is 0 Å². The molecule has 0 spiro atoms. The number of thiazole rings is 1. The Hall–Kier alpha value is -2.45. The third kappa shape index (κ3) is 2.97. The van der Waals surface area contributed by atoms with Crippen LogP contribution in [0.2, 0.25) is 0 Å². The highest BCUT2D eigenvalue weighted by Gasteiger charge is 2.34. The number of hydrogen-bond acceptors (Lipinski definition) is 8. The highest BCUT2D eigenvalue weighted by Crippen LogP contribution is 2.36. The lowest BCUT2D eigenvalue weighted by Crippen LogP contribution is -2.54. The SMILES string of the molecule is CCOC(=O)c1ccc(-c2nccs2)c2oc(N3CC4CCCC3CN4)nc12. The van der Waals surface area contributed by atoms with E-state index < -0.39 is 0 Å². The molecule has 0 radical (unpaired) electrons. The van der Waals surface area contributed by atoms with Crippen molar-refractivity contribution in [2.75, 3.05) is 24.6 Å². The number of aromatic nitrogens is 2. The molecule has 3 aliphatic rings. The summed E-state index contributed by atoms with van der Waals surface area (Å²) in [5.74, 6) is -0.378. The second-order valence-corrected chi connectivity index (χ2v) is 8.13. The molecular weight excluding hydrogens is 376 g/mol. The monoisotopic (exact) mass is 398 g/mol. The average Bonchev–Trinajstić information content (AvgIpc) is 3.29. The molecule has 2 unspecified atom stereocenters. The summed E-state index contributed by atoms with van der Waals surface area (Å²) in [5.41, 5.74) is 2.44. The molecule has 28 heavy (non-hydrogen) atoms. The summed E-state index contributed by atoms with van der Waals surface area (Å²) in [4.78, 5) is 23.9. The molecule has 2 aromatic heterocycles. The van der Waals surface area contributed by atoms with Crippen LogP contribution in [0.4, 0.5) is 6.01 Å². The van der Waals surface area contributed by atoms with Crippen molar-refractivity contribution in [2.24, 2.45) is 0 Å².